The highest BCUT2D eigenvalue weighted by molar-refractivity contribution is 5.87. The Bertz CT molecular complexity index is 1360. The lowest BCUT2D eigenvalue weighted by atomic mass is 9.93. The summed E-state index contributed by atoms with van der Waals surface area (Å²) in [4.78, 5) is 5.17. The summed E-state index contributed by atoms with van der Waals surface area (Å²) in [5, 5.41) is 10.9. The van der Waals surface area contributed by atoms with Gasteiger partial charge in [-0.15, -0.1) is 0 Å². The summed E-state index contributed by atoms with van der Waals surface area (Å²) in [5.41, 5.74) is 9.63. The second kappa shape index (κ2) is 7.68. The average molecular weight is 420 g/mol. The van der Waals surface area contributed by atoms with Crippen LogP contribution < -0.4 is 5.32 Å². The third kappa shape index (κ3) is 3.26. The molecule has 5 aromatic rings. The number of rotatable bonds is 5. The first kappa shape index (κ1) is 18.9. The lowest BCUT2D eigenvalue weighted by Gasteiger charge is -2.27. The van der Waals surface area contributed by atoms with E-state index in [2.05, 4.69) is 93.7 Å². The molecule has 158 valence electrons. The Hall–Kier alpha value is -3.86. The maximum absolute atomic E-state index is 5.17. The molecule has 0 unspecified atom stereocenters. The Labute approximate surface area is 187 Å². The van der Waals surface area contributed by atoms with Gasteiger partial charge in [-0.3, -0.25) is 9.50 Å². The second-order valence-corrected chi connectivity index (χ2v) is 8.62. The van der Waals surface area contributed by atoms with Crippen LogP contribution in [0.15, 0.2) is 79.1 Å². The number of fused-ring (bicyclic) bond motifs is 1. The van der Waals surface area contributed by atoms with Crippen LogP contribution in [0, 0.1) is 6.92 Å². The molecular formula is C27H25N5. The van der Waals surface area contributed by atoms with Crippen molar-refractivity contribution in [1.82, 2.24) is 19.6 Å². The predicted octanol–water partition coefficient (Wildman–Crippen LogP) is 6.33. The molecule has 5 nitrogen and oxygen atoms in total. The van der Waals surface area contributed by atoms with Crippen LogP contribution >= 0.6 is 0 Å². The van der Waals surface area contributed by atoms with Crippen molar-refractivity contribution in [2.75, 3.05) is 5.32 Å². The fourth-order valence-corrected chi connectivity index (χ4v) is 4.47. The van der Waals surface area contributed by atoms with Gasteiger partial charge in [-0.1, -0.05) is 42.5 Å². The van der Waals surface area contributed by atoms with E-state index in [0.29, 0.717) is 6.04 Å². The van der Waals surface area contributed by atoms with Crippen molar-refractivity contribution < 1.29 is 0 Å². The van der Waals surface area contributed by atoms with E-state index < -0.39 is 0 Å². The quantitative estimate of drug-likeness (QED) is 0.350. The molecule has 0 aliphatic heterocycles. The molecule has 1 aliphatic rings. The van der Waals surface area contributed by atoms with E-state index in [-0.39, 0.29) is 0 Å². The van der Waals surface area contributed by atoms with Gasteiger partial charge in [0.2, 0.25) is 0 Å². The van der Waals surface area contributed by atoms with Crippen LogP contribution in [0.1, 0.15) is 24.8 Å². The monoisotopic (exact) mass is 419 g/mol. The average Bonchev–Trinajstić information content (AvgIpc) is 3.45. The van der Waals surface area contributed by atoms with Gasteiger partial charge in [-0.2, -0.15) is 5.10 Å². The molecule has 6 rings (SSSR count). The van der Waals surface area contributed by atoms with Gasteiger partial charge < -0.3 is 5.32 Å². The van der Waals surface area contributed by atoms with Crippen LogP contribution in [-0.4, -0.2) is 25.6 Å². The number of aromatic nitrogens is 4. The number of nitrogens with one attached hydrogen (secondary N) is 2. The van der Waals surface area contributed by atoms with Gasteiger partial charge in [-0.25, -0.2) is 4.98 Å². The standard InChI is InChI=1S/C27H25N5/c1-18-16-23(24-14-15-28-31-24)27-30-25(26(32(27)17-18)20-6-3-2-4-7-20)19-10-12-22(13-11-19)29-21-8-5-9-21/h2-4,6-7,10-17,21,29H,5,8-9H2,1H3,(H,28,31). The zero-order chi connectivity index (χ0) is 21.5. The van der Waals surface area contributed by atoms with E-state index in [1.165, 1.54) is 30.5 Å². The Morgan fingerprint density at radius 1 is 0.969 bits per heavy atom. The molecule has 1 aliphatic carbocycles. The first-order chi connectivity index (χ1) is 15.8. The zero-order valence-corrected chi connectivity index (χ0v) is 18.0. The summed E-state index contributed by atoms with van der Waals surface area (Å²) in [5.74, 6) is 0. The molecule has 1 saturated carbocycles. The first-order valence-electron chi connectivity index (χ1n) is 11.2. The predicted molar refractivity (Wildman–Crippen MR) is 130 cm³/mol. The van der Waals surface area contributed by atoms with Crippen LogP contribution in [0.25, 0.3) is 39.4 Å². The van der Waals surface area contributed by atoms with Gasteiger partial charge in [0, 0.05) is 40.8 Å². The maximum Gasteiger partial charge on any atom is 0.147 e. The van der Waals surface area contributed by atoms with Crippen LogP contribution in [-0.2, 0) is 0 Å². The summed E-state index contributed by atoms with van der Waals surface area (Å²) in [7, 11) is 0. The van der Waals surface area contributed by atoms with Crippen molar-refractivity contribution in [3.8, 4) is 33.8 Å². The molecule has 3 aromatic heterocycles. The fourth-order valence-electron chi connectivity index (χ4n) is 4.47. The van der Waals surface area contributed by atoms with E-state index >= 15 is 0 Å². The Morgan fingerprint density at radius 2 is 1.78 bits per heavy atom. The number of aromatic amines is 1. The molecule has 1 fully saturated rings. The highest BCUT2D eigenvalue weighted by Crippen LogP contribution is 2.36. The number of hydrogen-bond donors (Lipinski definition) is 2. The second-order valence-electron chi connectivity index (χ2n) is 8.62. The first-order valence-corrected chi connectivity index (χ1v) is 11.2. The van der Waals surface area contributed by atoms with E-state index in [1.807, 2.05) is 6.07 Å². The number of H-pyrrole nitrogens is 1. The summed E-state index contributed by atoms with van der Waals surface area (Å²) < 4.78 is 2.22. The van der Waals surface area contributed by atoms with E-state index in [9.17, 15) is 0 Å². The molecule has 0 atom stereocenters. The minimum Gasteiger partial charge on any atom is -0.382 e. The molecule has 0 saturated heterocycles. The van der Waals surface area contributed by atoms with Gasteiger partial charge in [-0.05, 0) is 56.0 Å². The molecular weight excluding hydrogens is 394 g/mol. The summed E-state index contributed by atoms with van der Waals surface area (Å²) in [6.07, 6.45) is 7.81. The highest BCUT2D eigenvalue weighted by Gasteiger charge is 2.20. The van der Waals surface area contributed by atoms with E-state index in [1.54, 1.807) is 6.20 Å². The van der Waals surface area contributed by atoms with Crippen LogP contribution in [0.5, 0.6) is 0 Å². The van der Waals surface area contributed by atoms with Crippen molar-refractivity contribution in [1.29, 1.82) is 0 Å². The summed E-state index contributed by atoms with van der Waals surface area (Å²) in [6, 6.07) is 24.0. The van der Waals surface area contributed by atoms with Gasteiger partial charge in [0.1, 0.15) is 5.65 Å². The lowest BCUT2D eigenvalue weighted by Crippen LogP contribution is -2.26. The molecule has 3 heterocycles. The number of imidazole rings is 1. The molecule has 2 aromatic carbocycles. The third-order valence-electron chi connectivity index (χ3n) is 6.33. The maximum atomic E-state index is 5.17. The molecule has 5 heteroatoms. The van der Waals surface area contributed by atoms with Gasteiger partial charge in [0.25, 0.3) is 0 Å². The van der Waals surface area contributed by atoms with Gasteiger partial charge in [0.15, 0.2) is 0 Å². The highest BCUT2D eigenvalue weighted by atomic mass is 15.1. The smallest absolute Gasteiger partial charge is 0.147 e. The number of anilines is 1. The van der Waals surface area contributed by atoms with E-state index in [4.69, 9.17) is 4.98 Å². The summed E-state index contributed by atoms with van der Waals surface area (Å²) in [6.45, 7) is 2.12. The fraction of sp³-hybridized carbons (Fsp3) is 0.185. The van der Waals surface area contributed by atoms with Crippen molar-refractivity contribution in [3.05, 3.63) is 84.7 Å². The zero-order valence-electron chi connectivity index (χ0n) is 18.0. The van der Waals surface area contributed by atoms with Gasteiger partial charge in [0.05, 0.1) is 17.1 Å². The molecule has 0 radical (unpaired) electrons. The van der Waals surface area contributed by atoms with Crippen LogP contribution in [0.2, 0.25) is 0 Å². The largest absolute Gasteiger partial charge is 0.382 e. The Balaban J connectivity index is 1.54. The number of nitrogens with zero attached hydrogens (tertiary/aromatic N) is 3. The number of aryl methyl sites for hydroxylation is 1. The molecule has 2 N–H and O–H groups in total. The summed E-state index contributed by atoms with van der Waals surface area (Å²) >= 11 is 0. The lowest BCUT2D eigenvalue weighted by molar-refractivity contribution is 0.445. The topological polar surface area (TPSA) is 58.0 Å². The molecule has 0 bridgehead atoms. The van der Waals surface area contributed by atoms with Crippen LogP contribution in [0.4, 0.5) is 5.69 Å². The minimum absolute atomic E-state index is 0.621. The molecule has 0 amide bonds. The molecule has 32 heavy (non-hydrogen) atoms. The Morgan fingerprint density at radius 3 is 2.47 bits per heavy atom. The van der Waals surface area contributed by atoms with Crippen molar-refractivity contribution in [2.45, 2.75) is 32.2 Å². The third-order valence-corrected chi connectivity index (χ3v) is 6.33. The van der Waals surface area contributed by atoms with Crippen LogP contribution in [0.3, 0.4) is 0 Å². The number of pyridine rings is 1. The SMILES string of the molecule is Cc1cc(-c2ccn[nH]2)c2nc(-c3ccc(NC4CCC4)cc3)c(-c3ccccc3)n2c1. The number of benzene rings is 2. The van der Waals surface area contributed by atoms with E-state index in [0.717, 1.165) is 39.4 Å². The minimum atomic E-state index is 0.621. The van der Waals surface area contributed by atoms with Gasteiger partial charge >= 0.3 is 0 Å². The van der Waals surface area contributed by atoms with Crippen molar-refractivity contribution >= 4 is 11.3 Å². The van der Waals surface area contributed by atoms with Crippen molar-refractivity contribution in [2.24, 2.45) is 0 Å². The normalized spacial score (nSPS) is 13.9. The number of hydrogen-bond acceptors (Lipinski definition) is 3. The Kier molecular flexibility index (Phi) is 4.53. The van der Waals surface area contributed by atoms with Crippen molar-refractivity contribution in [3.63, 3.8) is 0 Å². The molecule has 0 spiro atoms.